The van der Waals surface area contributed by atoms with E-state index in [9.17, 15) is 9.18 Å². The van der Waals surface area contributed by atoms with Crippen molar-refractivity contribution >= 4 is 28.6 Å². The number of anilines is 1. The van der Waals surface area contributed by atoms with Gasteiger partial charge < -0.3 is 26.3 Å². The van der Waals surface area contributed by atoms with Gasteiger partial charge in [-0.05, 0) is 61.7 Å². The van der Waals surface area contributed by atoms with Crippen molar-refractivity contribution in [3.8, 4) is 0 Å². The summed E-state index contributed by atoms with van der Waals surface area (Å²) in [5, 5.41) is 13.2. The molecule has 0 radical (unpaired) electrons. The minimum atomic E-state index is -0.244. The number of urea groups is 1. The highest BCUT2D eigenvalue weighted by Gasteiger charge is 2.06. The van der Waals surface area contributed by atoms with Gasteiger partial charge in [-0.25, -0.2) is 9.18 Å². The van der Waals surface area contributed by atoms with Crippen LogP contribution in [0.25, 0.3) is 10.9 Å². The zero-order valence-corrected chi connectivity index (χ0v) is 18.1. The minimum absolute atomic E-state index is 0.0849. The third-order valence-corrected chi connectivity index (χ3v) is 4.73. The molecule has 0 fully saturated rings. The molecule has 3 rings (SSSR count). The summed E-state index contributed by atoms with van der Waals surface area (Å²) >= 11 is 0. The van der Waals surface area contributed by atoms with Crippen LogP contribution in [0.5, 0.6) is 0 Å². The van der Waals surface area contributed by atoms with Gasteiger partial charge in [0.15, 0.2) is 5.96 Å². The Morgan fingerprint density at radius 1 is 1.13 bits per heavy atom. The summed E-state index contributed by atoms with van der Waals surface area (Å²) in [5.74, 6) is 0.454. The summed E-state index contributed by atoms with van der Waals surface area (Å²) in [4.78, 5) is 19.1. The first-order chi connectivity index (χ1) is 14.9. The van der Waals surface area contributed by atoms with Crippen molar-refractivity contribution < 1.29 is 9.18 Å². The van der Waals surface area contributed by atoms with Crippen LogP contribution in [0.4, 0.5) is 14.9 Å². The lowest BCUT2D eigenvalue weighted by Crippen LogP contribution is -2.37. The van der Waals surface area contributed by atoms with E-state index in [4.69, 9.17) is 0 Å². The number of guanidine groups is 1. The predicted octanol–water partition coefficient (Wildman–Crippen LogP) is 3.74. The Labute approximate surface area is 181 Å². The van der Waals surface area contributed by atoms with Gasteiger partial charge in [-0.2, -0.15) is 0 Å². The maximum atomic E-state index is 13.3. The monoisotopic (exact) mass is 424 g/mol. The highest BCUT2D eigenvalue weighted by atomic mass is 19.1. The Morgan fingerprint density at radius 3 is 2.61 bits per heavy atom. The second kappa shape index (κ2) is 10.5. The van der Waals surface area contributed by atoms with E-state index in [0.29, 0.717) is 19.0 Å². The second-order valence-corrected chi connectivity index (χ2v) is 7.56. The van der Waals surface area contributed by atoms with E-state index in [1.807, 2.05) is 44.3 Å². The van der Waals surface area contributed by atoms with E-state index in [-0.39, 0.29) is 17.9 Å². The molecule has 5 N–H and O–H groups in total. The molecule has 0 aliphatic heterocycles. The van der Waals surface area contributed by atoms with Crippen molar-refractivity contribution in [1.82, 2.24) is 20.9 Å². The molecule has 0 unspecified atom stereocenters. The molecule has 7 nitrogen and oxygen atoms in total. The topological polar surface area (TPSA) is 93.3 Å². The number of fused-ring (bicyclic) bond motifs is 1. The molecule has 0 spiro atoms. The molecule has 1 heterocycles. The van der Waals surface area contributed by atoms with Crippen LogP contribution in [0.15, 0.2) is 53.7 Å². The Kier molecular flexibility index (Phi) is 7.48. The van der Waals surface area contributed by atoms with Crippen LogP contribution < -0.4 is 21.3 Å². The summed E-state index contributed by atoms with van der Waals surface area (Å²) in [6.07, 6.45) is 2.70. The lowest BCUT2D eigenvalue weighted by Gasteiger charge is -2.13. The number of benzene rings is 2. The van der Waals surface area contributed by atoms with Gasteiger partial charge in [0.05, 0.1) is 0 Å². The molecule has 31 heavy (non-hydrogen) atoms. The van der Waals surface area contributed by atoms with Crippen LogP contribution in [0.2, 0.25) is 0 Å². The molecule has 1 aromatic heterocycles. The molecule has 2 amide bonds. The van der Waals surface area contributed by atoms with Crippen molar-refractivity contribution in [2.45, 2.75) is 32.9 Å². The summed E-state index contributed by atoms with van der Waals surface area (Å²) in [6.45, 7) is 5.12. The molecule has 2 aromatic carbocycles. The zero-order valence-electron chi connectivity index (χ0n) is 18.1. The van der Waals surface area contributed by atoms with E-state index in [0.717, 1.165) is 34.1 Å². The van der Waals surface area contributed by atoms with Crippen LogP contribution in [0.3, 0.4) is 0 Å². The smallest absolute Gasteiger partial charge is 0.319 e. The molecule has 0 aliphatic rings. The number of amides is 2. The van der Waals surface area contributed by atoms with Gasteiger partial charge >= 0.3 is 6.03 Å². The predicted molar refractivity (Wildman–Crippen MR) is 124 cm³/mol. The third-order valence-electron chi connectivity index (χ3n) is 4.73. The van der Waals surface area contributed by atoms with Gasteiger partial charge in [0.1, 0.15) is 5.82 Å². The number of rotatable bonds is 7. The van der Waals surface area contributed by atoms with E-state index in [1.165, 1.54) is 12.1 Å². The van der Waals surface area contributed by atoms with Crippen LogP contribution >= 0.6 is 0 Å². The summed E-state index contributed by atoms with van der Waals surface area (Å²) in [7, 11) is 1.73. The minimum Gasteiger partial charge on any atom is -0.361 e. The fourth-order valence-corrected chi connectivity index (χ4v) is 3.22. The van der Waals surface area contributed by atoms with E-state index < -0.39 is 0 Å². The number of hydrogen-bond donors (Lipinski definition) is 5. The largest absolute Gasteiger partial charge is 0.361 e. The first kappa shape index (κ1) is 22.1. The average molecular weight is 425 g/mol. The van der Waals surface area contributed by atoms with Gasteiger partial charge in [0.25, 0.3) is 0 Å². The number of carbonyl (C=O) groups is 1. The number of halogens is 1. The van der Waals surface area contributed by atoms with Crippen molar-refractivity contribution in [3.05, 3.63) is 65.6 Å². The number of H-pyrrole nitrogens is 1. The molecule has 8 heteroatoms. The number of carbonyl (C=O) groups excluding carboxylic acids is 1. The summed E-state index contributed by atoms with van der Waals surface area (Å²) in [6, 6.07) is 12.3. The van der Waals surface area contributed by atoms with Crippen molar-refractivity contribution in [2.24, 2.45) is 4.99 Å². The standard InChI is InChI=1S/C23H29FN6O/c1-15(2)29-23(31)30-19-7-4-16(5-8-19)13-28-22(25-3)26-11-10-17-14-27-21-12-18(24)6-9-20(17)21/h4-9,12,14-15,27H,10-11,13H2,1-3H3,(H2,25,26,28)(H2,29,30,31). The van der Waals surface area contributed by atoms with Crippen LogP contribution in [0, 0.1) is 5.82 Å². The average Bonchev–Trinajstić information content (AvgIpc) is 3.13. The molecule has 164 valence electrons. The summed E-state index contributed by atoms with van der Waals surface area (Å²) in [5.41, 5.74) is 3.74. The first-order valence-corrected chi connectivity index (χ1v) is 10.3. The Hall–Kier alpha value is -3.55. The number of aromatic nitrogens is 1. The van der Waals surface area contributed by atoms with Gasteiger partial charge in [0, 0.05) is 49.0 Å². The molecular weight excluding hydrogens is 395 g/mol. The number of nitrogens with zero attached hydrogens (tertiary/aromatic N) is 1. The molecular formula is C23H29FN6O. The summed E-state index contributed by atoms with van der Waals surface area (Å²) < 4.78 is 13.3. The Balaban J connectivity index is 1.45. The molecule has 0 aliphatic carbocycles. The number of nitrogens with one attached hydrogen (secondary N) is 5. The van der Waals surface area contributed by atoms with Gasteiger partial charge in [-0.15, -0.1) is 0 Å². The first-order valence-electron chi connectivity index (χ1n) is 10.3. The van der Waals surface area contributed by atoms with E-state index in [2.05, 4.69) is 31.2 Å². The van der Waals surface area contributed by atoms with Crippen LogP contribution in [-0.2, 0) is 13.0 Å². The van der Waals surface area contributed by atoms with Crippen LogP contribution in [-0.4, -0.2) is 36.6 Å². The molecule has 0 saturated heterocycles. The van der Waals surface area contributed by atoms with Gasteiger partial charge in [-0.3, -0.25) is 4.99 Å². The van der Waals surface area contributed by atoms with Crippen molar-refractivity contribution in [3.63, 3.8) is 0 Å². The van der Waals surface area contributed by atoms with E-state index in [1.54, 1.807) is 13.1 Å². The second-order valence-electron chi connectivity index (χ2n) is 7.56. The normalized spacial score (nSPS) is 11.6. The fourth-order valence-electron chi connectivity index (χ4n) is 3.22. The number of hydrogen-bond acceptors (Lipinski definition) is 2. The van der Waals surface area contributed by atoms with Crippen LogP contribution in [0.1, 0.15) is 25.0 Å². The maximum absolute atomic E-state index is 13.3. The Morgan fingerprint density at radius 2 is 1.90 bits per heavy atom. The Bertz CT molecular complexity index is 1040. The lowest BCUT2D eigenvalue weighted by molar-refractivity contribution is 0.250. The molecule has 0 atom stereocenters. The van der Waals surface area contributed by atoms with E-state index >= 15 is 0 Å². The number of aromatic amines is 1. The third kappa shape index (κ3) is 6.47. The van der Waals surface area contributed by atoms with Crippen molar-refractivity contribution in [1.29, 1.82) is 0 Å². The van der Waals surface area contributed by atoms with Gasteiger partial charge in [-0.1, -0.05) is 12.1 Å². The quantitative estimate of drug-likeness (QED) is 0.295. The highest BCUT2D eigenvalue weighted by molar-refractivity contribution is 5.89. The fraction of sp³-hybridized carbons (Fsp3) is 0.304. The zero-order chi connectivity index (χ0) is 22.2. The SMILES string of the molecule is CN=C(NCCc1c[nH]c2cc(F)ccc12)NCc1ccc(NC(=O)NC(C)C)cc1. The number of aliphatic imine (C=N–C) groups is 1. The lowest BCUT2D eigenvalue weighted by atomic mass is 10.1. The molecule has 0 saturated carbocycles. The van der Waals surface area contributed by atoms with Crippen molar-refractivity contribution in [2.75, 3.05) is 18.9 Å². The maximum Gasteiger partial charge on any atom is 0.319 e. The highest BCUT2D eigenvalue weighted by Crippen LogP contribution is 2.19. The molecule has 0 bridgehead atoms. The van der Waals surface area contributed by atoms with Gasteiger partial charge in [0.2, 0.25) is 0 Å². The molecule has 3 aromatic rings.